The summed E-state index contributed by atoms with van der Waals surface area (Å²) in [7, 11) is 0. The first kappa shape index (κ1) is 20.8. The molecule has 1 aliphatic rings. The van der Waals surface area contributed by atoms with Crippen molar-refractivity contribution in [3.05, 3.63) is 33.9 Å². The number of nitrogens with one attached hydrogen (secondary N) is 1. The van der Waals surface area contributed by atoms with Gasteiger partial charge in [0.05, 0.1) is 10.5 Å². The highest BCUT2D eigenvalue weighted by Crippen LogP contribution is 2.35. The van der Waals surface area contributed by atoms with Crippen LogP contribution in [-0.4, -0.2) is 41.2 Å². The SMILES string of the molecule is CC(C)(C)OC(=O)N1CC[C@@H](CNc2ccc(C(F)(F)F)cc2[N+](=O)[O-])C1. The fourth-order valence-electron chi connectivity index (χ4n) is 2.75. The second-order valence-electron chi connectivity index (χ2n) is 7.45. The molecule has 0 unspecified atom stereocenters. The van der Waals surface area contributed by atoms with Crippen molar-refractivity contribution in [2.45, 2.75) is 39.0 Å². The molecular formula is C17H22F3N3O4. The van der Waals surface area contributed by atoms with Crippen LogP contribution in [0.3, 0.4) is 0 Å². The number of halogens is 3. The summed E-state index contributed by atoms with van der Waals surface area (Å²) in [5.41, 5.74) is -2.29. The molecule has 0 spiro atoms. The molecule has 0 radical (unpaired) electrons. The first-order valence-electron chi connectivity index (χ1n) is 8.44. The third-order valence-electron chi connectivity index (χ3n) is 4.04. The number of anilines is 1. The van der Waals surface area contributed by atoms with Gasteiger partial charge in [0.25, 0.3) is 5.69 Å². The summed E-state index contributed by atoms with van der Waals surface area (Å²) >= 11 is 0. The number of hydrogen-bond donors (Lipinski definition) is 1. The number of amides is 1. The lowest BCUT2D eigenvalue weighted by Crippen LogP contribution is -2.35. The molecule has 27 heavy (non-hydrogen) atoms. The highest BCUT2D eigenvalue weighted by molar-refractivity contribution is 5.68. The van der Waals surface area contributed by atoms with Crippen LogP contribution in [0.2, 0.25) is 0 Å². The van der Waals surface area contributed by atoms with Crippen LogP contribution in [0.15, 0.2) is 18.2 Å². The minimum absolute atomic E-state index is 0.0133. The zero-order chi connectivity index (χ0) is 20.4. The van der Waals surface area contributed by atoms with Crippen molar-refractivity contribution in [2.24, 2.45) is 5.92 Å². The van der Waals surface area contributed by atoms with Gasteiger partial charge < -0.3 is 15.0 Å². The topological polar surface area (TPSA) is 84.7 Å². The normalized spacial score (nSPS) is 17.7. The molecule has 0 aromatic heterocycles. The third kappa shape index (κ3) is 5.73. The van der Waals surface area contributed by atoms with Gasteiger partial charge in [-0.3, -0.25) is 10.1 Å². The van der Waals surface area contributed by atoms with Crippen molar-refractivity contribution in [1.82, 2.24) is 4.90 Å². The number of nitro groups is 1. The van der Waals surface area contributed by atoms with Crippen LogP contribution in [0, 0.1) is 16.0 Å². The Balaban J connectivity index is 1.99. The van der Waals surface area contributed by atoms with E-state index in [1.165, 1.54) is 0 Å². The van der Waals surface area contributed by atoms with Crippen molar-refractivity contribution in [2.75, 3.05) is 25.0 Å². The zero-order valence-corrected chi connectivity index (χ0v) is 15.3. The Labute approximate surface area is 154 Å². The fraction of sp³-hybridized carbons (Fsp3) is 0.588. The van der Waals surface area contributed by atoms with Gasteiger partial charge in [-0.1, -0.05) is 0 Å². The van der Waals surface area contributed by atoms with Gasteiger partial charge >= 0.3 is 12.3 Å². The summed E-state index contributed by atoms with van der Waals surface area (Å²) in [5, 5.41) is 13.9. The van der Waals surface area contributed by atoms with Crippen LogP contribution >= 0.6 is 0 Å². The van der Waals surface area contributed by atoms with Crippen molar-refractivity contribution in [3.63, 3.8) is 0 Å². The number of likely N-dealkylation sites (tertiary alicyclic amines) is 1. The molecule has 7 nitrogen and oxygen atoms in total. The molecule has 1 N–H and O–H groups in total. The van der Waals surface area contributed by atoms with Gasteiger partial charge in [0.1, 0.15) is 11.3 Å². The van der Waals surface area contributed by atoms with Crippen LogP contribution in [0.5, 0.6) is 0 Å². The number of hydrogen-bond acceptors (Lipinski definition) is 5. The van der Waals surface area contributed by atoms with E-state index in [1.807, 2.05) is 0 Å². The predicted octanol–water partition coefficient (Wildman–Crippen LogP) is 4.28. The van der Waals surface area contributed by atoms with Gasteiger partial charge in [-0.05, 0) is 45.2 Å². The standard InChI is InChI=1S/C17H22F3N3O4/c1-16(2,3)27-15(24)22-7-6-11(10-22)9-21-13-5-4-12(17(18,19)20)8-14(13)23(25)26/h4-5,8,11,21H,6-7,9-10H2,1-3H3/t11-/m0/s1. The molecule has 1 fully saturated rings. The first-order valence-corrected chi connectivity index (χ1v) is 8.44. The van der Waals surface area contributed by atoms with Crippen LogP contribution < -0.4 is 5.32 Å². The summed E-state index contributed by atoms with van der Waals surface area (Å²) in [6.07, 6.45) is -4.41. The number of rotatable bonds is 4. The Morgan fingerprint density at radius 2 is 2.04 bits per heavy atom. The molecule has 0 bridgehead atoms. The lowest BCUT2D eigenvalue weighted by Gasteiger charge is -2.24. The summed E-state index contributed by atoms with van der Waals surface area (Å²) in [6, 6.07) is 2.38. The lowest BCUT2D eigenvalue weighted by molar-refractivity contribution is -0.384. The van der Waals surface area contributed by atoms with Crippen molar-refractivity contribution in [3.8, 4) is 0 Å². The van der Waals surface area contributed by atoms with Crippen molar-refractivity contribution < 1.29 is 27.6 Å². The van der Waals surface area contributed by atoms with Crippen LogP contribution in [0.4, 0.5) is 29.3 Å². The second kappa shape index (κ2) is 7.61. The van der Waals surface area contributed by atoms with E-state index in [9.17, 15) is 28.1 Å². The number of ether oxygens (including phenoxy) is 1. The smallest absolute Gasteiger partial charge is 0.416 e. The molecule has 1 amide bonds. The molecular weight excluding hydrogens is 367 g/mol. The lowest BCUT2D eigenvalue weighted by atomic mass is 10.1. The highest BCUT2D eigenvalue weighted by atomic mass is 19.4. The molecule has 1 aliphatic heterocycles. The van der Waals surface area contributed by atoms with Gasteiger partial charge in [0.15, 0.2) is 0 Å². The molecule has 150 valence electrons. The molecule has 1 heterocycles. The first-order chi connectivity index (χ1) is 12.4. The third-order valence-corrected chi connectivity index (χ3v) is 4.04. The number of alkyl halides is 3. The van der Waals surface area contributed by atoms with E-state index in [0.717, 1.165) is 12.1 Å². The predicted molar refractivity (Wildman–Crippen MR) is 92.5 cm³/mol. The maximum absolute atomic E-state index is 12.7. The molecule has 2 rings (SSSR count). The highest BCUT2D eigenvalue weighted by Gasteiger charge is 2.33. The maximum Gasteiger partial charge on any atom is 0.416 e. The molecule has 1 aromatic carbocycles. The number of nitrogens with zero attached hydrogens (tertiary/aromatic N) is 2. The number of carbonyl (C=O) groups excluding carboxylic acids is 1. The van der Waals surface area contributed by atoms with Crippen LogP contribution in [0.1, 0.15) is 32.8 Å². The van der Waals surface area contributed by atoms with Gasteiger partial charge in [-0.15, -0.1) is 0 Å². The number of carbonyl (C=O) groups is 1. The van der Waals surface area contributed by atoms with E-state index in [1.54, 1.807) is 25.7 Å². The average Bonchev–Trinajstić information content (AvgIpc) is 2.99. The number of nitro benzene ring substituents is 1. The van der Waals surface area contributed by atoms with E-state index in [-0.39, 0.29) is 11.6 Å². The van der Waals surface area contributed by atoms with Gasteiger partial charge in [-0.25, -0.2) is 4.79 Å². The summed E-state index contributed by atoms with van der Waals surface area (Å²) in [4.78, 5) is 23.8. The van der Waals surface area contributed by atoms with E-state index in [4.69, 9.17) is 4.74 Å². The molecule has 10 heteroatoms. The van der Waals surface area contributed by atoms with Crippen LogP contribution in [0.25, 0.3) is 0 Å². The summed E-state index contributed by atoms with van der Waals surface area (Å²) in [5.74, 6) is 0.0133. The Kier molecular flexibility index (Phi) is 5.86. The molecule has 0 aliphatic carbocycles. The maximum atomic E-state index is 12.7. The number of benzene rings is 1. The Morgan fingerprint density at radius 3 is 2.59 bits per heavy atom. The minimum Gasteiger partial charge on any atom is -0.444 e. The summed E-state index contributed by atoms with van der Waals surface area (Å²) < 4.78 is 43.5. The second-order valence-corrected chi connectivity index (χ2v) is 7.45. The van der Waals surface area contributed by atoms with Crippen molar-refractivity contribution in [1.29, 1.82) is 0 Å². The Morgan fingerprint density at radius 1 is 1.37 bits per heavy atom. The Hall–Kier alpha value is -2.52. The average molecular weight is 389 g/mol. The van der Waals surface area contributed by atoms with E-state index in [0.29, 0.717) is 32.1 Å². The monoisotopic (exact) mass is 389 g/mol. The molecule has 1 aromatic rings. The summed E-state index contributed by atoms with van der Waals surface area (Å²) in [6.45, 7) is 6.51. The van der Waals surface area contributed by atoms with E-state index >= 15 is 0 Å². The molecule has 0 saturated carbocycles. The zero-order valence-electron chi connectivity index (χ0n) is 15.3. The van der Waals surface area contributed by atoms with Crippen LogP contribution in [-0.2, 0) is 10.9 Å². The van der Waals surface area contributed by atoms with Gasteiger partial charge in [0, 0.05) is 25.7 Å². The van der Waals surface area contributed by atoms with Gasteiger partial charge in [-0.2, -0.15) is 13.2 Å². The molecule has 1 atom stereocenters. The minimum atomic E-state index is -4.65. The quantitative estimate of drug-likeness (QED) is 0.614. The fourth-order valence-corrected chi connectivity index (χ4v) is 2.75. The van der Waals surface area contributed by atoms with Crippen molar-refractivity contribution >= 4 is 17.5 Å². The van der Waals surface area contributed by atoms with E-state index in [2.05, 4.69) is 5.32 Å². The Bertz CT molecular complexity index is 716. The largest absolute Gasteiger partial charge is 0.444 e. The van der Waals surface area contributed by atoms with Gasteiger partial charge in [0.2, 0.25) is 0 Å². The van der Waals surface area contributed by atoms with E-state index < -0.39 is 34.0 Å². The molecule has 1 saturated heterocycles.